The van der Waals surface area contributed by atoms with Crippen molar-refractivity contribution in [2.45, 2.75) is 25.8 Å². The first kappa shape index (κ1) is 13.6. The number of Topliss-reactive ketones (excluding diaryl/α,β-unsaturated/α-hetero) is 1. The van der Waals surface area contributed by atoms with Crippen LogP contribution in [0.3, 0.4) is 0 Å². The van der Waals surface area contributed by atoms with Gasteiger partial charge in [-0.2, -0.15) is 0 Å². The van der Waals surface area contributed by atoms with Crippen molar-refractivity contribution in [3.05, 3.63) is 77.4 Å². The molecule has 3 rings (SSSR count). The number of anilines is 1. The molecule has 1 aliphatic carbocycles. The Morgan fingerprint density at radius 3 is 2.33 bits per heavy atom. The second-order valence-corrected chi connectivity index (χ2v) is 5.48. The van der Waals surface area contributed by atoms with Gasteiger partial charge in [-0.15, -0.1) is 0 Å². The van der Waals surface area contributed by atoms with Crippen molar-refractivity contribution in [3.63, 3.8) is 0 Å². The zero-order valence-corrected chi connectivity index (χ0v) is 12.2. The summed E-state index contributed by atoms with van der Waals surface area (Å²) in [6, 6.07) is 18.4. The SMILES string of the molecule is Cc1ccc(NC(C2=CCCC2=O)c2ccccc2)cc1. The molecule has 0 bridgehead atoms. The van der Waals surface area contributed by atoms with E-state index < -0.39 is 0 Å². The Kier molecular flexibility index (Phi) is 3.87. The molecule has 0 aliphatic heterocycles. The molecule has 0 fully saturated rings. The van der Waals surface area contributed by atoms with Crippen LogP contribution in [0.1, 0.15) is 30.0 Å². The van der Waals surface area contributed by atoms with Gasteiger partial charge in [0.05, 0.1) is 6.04 Å². The second-order valence-electron chi connectivity index (χ2n) is 5.48. The van der Waals surface area contributed by atoms with E-state index in [0.29, 0.717) is 6.42 Å². The zero-order chi connectivity index (χ0) is 14.7. The van der Waals surface area contributed by atoms with Gasteiger partial charge in [0.25, 0.3) is 0 Å². The minimum Gasteiger partial charge on any atom is -0.374 e. The molecular formula is C19H19NO. The zero-order valence-electron chi connectivity index (χ0n) is 12.2. The lowest BCUT2D eigenvalue weighted by molar-refractivity contribution is -0.115. The Labute approximate surface area is 125 Å². The number of hydrogen-bond acceptors (Lipinski definition) is 2. The van der Waals surface area contributed by atoms with Crippen LogP contribution in [0.15, 0.2) is 66.2 Å². The van der Waals surface area contributed by atoms with Crippen molar-refractivity contribution < 1.29 is 4.79 Å². The molecule has 0 amide bonds. The van der Waals surface area contributed by atoms with Crippen LogP contribution in [0.4, 0.5) is 5.69 Å². The van der Waals surface area contributed by atoms with Crippen molar-refractivity contribution in [1.29, 1.82) is 0 Å². The summed E-state index contributed by atoms with van der Waals surface area (Å²) in [6.07, 6.45) is 3.56. The van der Waals surface area contributed by atoms with Gasteiger partial charge in [0.2, 0.25) is 0 Å². The number of carbonyl (C=O) groups excluding carboxylic acids is 1. The molecule has 2 heteroatoms. The van der Waals surface area contributed by atoms with Crippen LogP contribution < -0.4 is 5.32 Å². The van der Waals surface area contributed by atoms with Gasteiger partial charge < -0.3 is 5.32 Å². The normalized spacial score (nSPS) is 15.7. The molecule has 0 saturated heterocycles. The third-order valence-corrected chi connectivity index (χ3v) is 3.86. The van der Waals surface area contributed by atoms with Crippen LogP contribution in [0.5, 0.6) is 0 Å². The van der Waals surface area contributed by atoms with E-state index in [1.165, 1.54) is 5.56 Å². The van der Waals surface area contributed by atoms with Gasteiger partial charge in [0.1, 0.15) is 0 Å². The molecule has 1 atom stereocenters. The fourth-order valence-electron chi connectivity index (χ4n) is 2.70. The molecule has 0 aromatic heterocycles. The van der Waals surface area contributed by atoms with E-state index in [9.17, 15) is 4.79 Å². The van der Waals surface area contributed by atoms with Crippen molar-refractivity contribution in [2.24, 2.45) is 0 Å². The Balaban J connectivity index is 1.93. The Morgan fingerprint density at radius 1 is 1.00 bits per heavy atom. The summed E-state index contributed by atoms with van der Waals surface area (Å²) in [4.78, 5) is 12.1. The molecule has 1 aliphatic rings. The van der Waals surface area contributed by atoms with Gasteiger partial charge in [-0.3, -0.25) is 4.79 Å². The Morgan fingerprint density at radius 2 is 1.71 bits per heavy atom. The number of carbonyl (C=O) groups is 1. The summed E-state index contributed by atoms with van der Waals surface area (Å²) in [5.41, 5.74) is 4.28. The van der Waals surface area contributed by atoms with E-state index >= 15 is 0 Å². The third-order valence-electron chi connectivity index (χ3n) is 3.86. The van der Waals surface area contributed by atoms with Gasteiger partial charge in [0.15, 0.2) is 5.78 Å². The predicted octanol–water partition coefficient (Wildman–Crippen LogP) is 4.44. The largest absolute Gasteiger partial charge is 0.374 e. The standard InChI is InChI=1S/C19H19NO/c1-14-10-12-16(13-11-14)20-19(15-6-3-2-4-7-15)17-8-5-9-18(17)21/h2-4,6-8,10-13,19-20H,5,9H2,1H3. The number of allylic oxidation sites excluding steroid dienone is 1. The molecule has 0 heterocycles. The summed E-state index contributed by atoms with van der Waals surface area (Å²) < 4.78 is 0. The predicted molar refractivity (Wildman–Crippen MR) is 86.3 cm³/mol. The van der Waals surface area contributed by atoms with Gasteiger partial charge in [0, 0.05) is 17.7 Å². The number of rotatable bonds is 4. The summed E-state index contributed by atoms with van der Waals surface area (Å²) in [5, 5.41) is 3.51. The first-order chi connectivity index (χ1) is 10.2. The van der Waals surface area contributed by atoms with E-state index in [1.807, 2.05) is 18.2 Å². The molecule has 2 aromatic carbocycles. The average Bonchev–Trinajstić information content (AvgIpc) is 2.93. The quantitative estimate of drug-likeness (QED) is 0.895. The molecule has 1 N–H and O–H groups in total. The van der Waals surface area contributed by atoms with Crippen molar-refractivity contribution >= 4 is 11.5 Å². The molecule has 1 unspecified atom stereocenters. The summed E-state index contributed by atoms with van der Waals surface area (Å²) in [7, 11) is 0. The van der Waals surface area contributed by atoms with Gasteiger partial charge in [-0.25, -0.2) is 0 Å². The van der Waals surface area contributed by atoms with E-state index in [0.717, 1.165) is 23.2 Å². The van der Waals surface area contributed by atoms with Crippen LogP contribution >= 0.6 is 0 Å². The van der Waals surface area contributed by atoms with Gasteiger partial charge in [-0.1, -0.05) is 54.1 Å². The van der Waals surface area contributed by atoms with Crippen LogP contribution in [0.2, 0.25) is 0 Å². The molecule has 21 heavy (non-hydrogen) atoms. The summed E-state index contributed by atoms with van der Waals surface area (Å²) in [6.45, 7) is 2.07. The molecule has 0 radical (unpaired) electrons. The number of benzene rings is 2. The molecule has 0 saturated carbocycles. The summed E-state index contributed by atoms with van der Waals surface area (Å²) >= 11 is 0. The smallest absolute Gasteiger partial charge is 0.161 e. The van der Waals surface area contributed by atoms with Gasteiger partial charge >= 0.3 is 0 Å². The average molecular weight is 277 g/mol. The van der Waals surface area contributed by atoms with Crippen molar-refractivity contribution in [1.82, 2.24) is 0 Å². The second kappa shape index (κ2) is 5.96. The van der Waals surface area contributed by atoms with Crippen LogP contribution in [0.25, 0.3) is 0 Å². The van der Waals surface area contributed by atoms with Crippen LogP contribution in [-0.4, -0.2) is 5.78 Å². The maximum Gasteiger partial charge on any atom is 0.161 e. The maximum absolute atomic E-state index is 12.1. The minimum absolute atomic E-state index is 0.0658. The number of nitrogens with one attached hydrogen (secondary N) is 1. The van der Waals surface area contributed by atoms with E-state index in [-0.39, 0.29) is 11.8 Å². The van der Waals surface area contributed by atoms with Crippen molar-refractivity contribution in [2.75, 3.05) is 5.32 Å². The fraction of sp³-hybridized carbons (Fsp3) is 0.211. The lowest BCUT2D eigenvalue weighted by atomic mass is 9.97. The number of ketones is 1. The van der Waals surface area contributed by atoms with E-state index in [2.05, 4.69) is 54.7 Å². The summed E-state index contributed by atoms with van der Waals surface area (Å²) in [5.74, 6) is 0.253. The van der Waals surface area contributed by atoms with E-state index in [4.69, 9.17) is 0 Å². The molecule has 0 spiro atoms. The molecular weight excluding hydrogens is 258 g/mol. The highest BCUT2D eigenvalue weighted by Crippen LogP contribution is 2.31. The lowest BCUT2D eigenvalue weighted by Gasteiger charge is -2.21. The maximum atomic E-state index is 12.1. The van der Waals surface area contributed by atoms with E-state index in [1.54, 1.807) is 0 Å². The third kappa shape index (κ3) is 3.05. The highest BCUT2D eigenvalue weighted by molar-refractivity contribution is 5.99. The highest BCUT2D eigenvalue weighted by atomic mass is 16.1. The first-order valence-electron chi connectivity index (χ1n) is 7.35. The van der Waals surface area contributed by atoms with Crippen molar-refractivity contribution in [3.8, 4) is 0 Å². The molecule has 2 nitrogen and oxygen atoms in total. The number of hydrogen-bond donors (Lipinski definition) is 1. The lowest BCUT2D eigenvalue weighted by Crippen LogP contribution is -2.17. The minimum atomic E-state index is -0.0658. The molecule has 2 aromatic rings. The monoisotopic (exact) mass is 277 g/mol. The topological polar surface area (TPSA) is 29.1 Å². The first-order valence-corrected chi connectivity index (χ1v) is 7.35. The van der Waals surface area contributed by atoms with Gasteiger partial charge in [-0.05, 0) is 31.0 Å². The Bertz CT molecular complexity index is 656. The highest BCUT2D eigenvalue weighted by Gasteiger charge is 2.25. The Hall–Kier alpha value is -2.35. The fourth-order valence-corrected chi connectivity index (χ4v) is 2.70. The number of aryl methyl sites for hydroxylation is 1. The van der Waals surface area contributed by atoms with Crippen LogP contribution in [0, 0.1) is 6.92 Å². The molecule has 106 valence electrons. The van der Waals surface area contributed by atoms with Crippen LogP contribution in [-0.2, 0) is 4.79 Å².